The molecular weight excluding hydrogens is 320 g/mol. The van der Waals surface area contributed by atoms with Gasteiger partial charge < -0.3 is 0 Å². The molecule has 3 nitrogen and oxygen atoms in total. The molecular formula is C20H19ClN2O. The van der Waals surface area contributed by atoms with E-state index in [2.05, 4.69) is 31.1 Å². The van der Waals surface area contributed by atoms with E-state index in [1.54, 1.807) is 16.9 Å². The molecule has 1 heterocycles. The lowest BCUT2D eigenvalue weighted by atomic mass is 10.0. The van der Waals surface area contributed by atoms with Crippen molar-refractivity contribution in [3.05, 3.63) is 70.9 Å². The van der Waals surface area contributed by atoms with Crippen molar-refractivity contribution in [1.29, 1.82) is 0 Å². The minimum absolute atomic E-state index is 0.548. The summed E-state index contributed by atoms with van der Waals surface area (Å²) in [5, 5.41) is 5.17. The summed E-state index contributed by atoms with van der Waals surface area (Å²) >= 11 is 6.23. The number of aldehydes is 1. The summed E-state index contributed by atoms with van der Waals surface area (Å²) in [6.45, 7) is 4.40. The van der Waals surface area contributed by atoms with Gasteiger partial charge >= 0.3 is 0 Å². The van der Waals surface area contributed by atoms with Gasteiger partial charge in [0.15, 0.2) is 6.29 Å². The molecule has 0 atom stereocenters. The highest BCUT2D eigenvalue weighted by Gasteiger charge is 2.13. The Morgan fingerprint density at radius 3 is 2.46 bits per heavy atom. The normalized spacial score (nSPS) is 11.0. The number of halogens is 1. The van der Waals surface area contributed by atoms with Crippen LogP contribution in [0.15, 0.2) is 54.7 Å². The van der Waals surface area contributed by atoms with Gasteiger partial charge in [-0.1, -0.05) is 61.8 Å². The van der Waals surface area contributed by atoms with Crippen molar-refractivity contribution < 1.29 is 4.79 Å². The quantitative estimate of drug-likeness (QED) is 0.599. The molecule has 0 aliphatic rings. The van der Waals surface area contributed by atoms with Gasteiger partial charge in [-0.25, -0.2) is 4.68 Å². The van der Waals surface area contributed by atoms with Crippen LogP contribution >= 0.6 is 11.6 Å². The molecule has 0 saturated carbocycles. The topological polar surface area (TPSA) is 34.9 Å². The number of para-hydroxylation sites is 1. The molecule has 0 radical (unpaired) electrons. The number of hydrogen-bond acceptors (Lipinski definition) is 2. The third-order valence-corrected chi connectivity index (χ3v) is 4.16. The summed E-state index contributed by atoms with van der Waals surface area (Å²) in [4.78, 5) is 11.5. The zero-order valence-corrected chi connectivity index (χ0v) is 14.5. The molecule has 122 valence electrons. The van der Waals surface area contributed by atoms with Gasteiger partial charge in [0.25, 0.3) is 0 Å². The zero-order valence-electron chi connectivity index (χ0n) is 13.7. The molecule has 3 aromatic rings. The van der Waals surface area contributed by atoms with Crippen LogP contribution in [-0.4, -0.2) is 16.1 Å². The van der Waals surface area contributed by atoms with Crippen molar-refractivity contribution in [2.45, 2.75) is 20.3 Å². The predicted octanol–water partition coefficient (Wildman–Crippen LogP) is 5.20. The second kappa shape index (κ2) is 7.02. The molecule has 0 aliphatic carbocycles. The first-order chi connectivity index (χ1) is 11.6. The minimum atomic E-state index is 0.548. The standard InChI is InChI=1S/C20H19ClN2O/c1-14(2)11-15-7-9-16(10-8-15)20-17(13-24)12-23(22-20)19-6-4-3-5-18(19)21/h3-10,12-14H,11H2,1-2H3. The number of carbonyl (C=O) groups excluding carboxylic acids is 1. The fraction of sp³-hybridized carbons (Fsp3) is 0.200. The maximum absolute atomic E-state index is 11.5. The van der Waals surface area contributed by atoms with E-state index in [0.29, 0.717) is 22.2 Å². The molecule has 1 aromatic heterocycles. The summed E-state index contributed by atoms with van der Waals surface area (Å²) in [7, 11) is 0. The van der Waals surface area contributed by atoms with E-state index in [1.165, 1.54) is 5.56 Å². The van der Waals surface area contributed by atoms with Crippen molar-refractivity contribution in [2.75, 3.05) is 0 Å². The molecule has 0 unspecified atom stereocenters. The van der Waals surface area contributed by atoms with E-state index in [4.69, 9.17) is 11.6 Å². The Morgan fingerprint density at radius 2 is 1.83 bits per heavy atom. The number of nitrogens with zero attached hydrogens (tertiary/aromatic N) is 2. The third-order valence-electron chi connectivity index (χ3n) is 3.84. The molecule has 3 rings (SSSR count). The lowest BCUT2D eigenvalue weighted by Gasteiger charge is -2.06. The molecule has 0 saturated heterocycles. The highest BCUT2D eigenvalue weighted by molar-refractivity contribution is 6.32. The second-order valence-corrected chi connectivity index (χ2v) is 6.65. The Kier molecular flexibility index (Phi) is 4.81. The van der Waals surface area contributed by atoms with Crippen molar-refractivity contribution in [2.24, 2.45) is 5.92 Å². The SMILES string of the molecule is CC(C)Cc1ccc(-c2nn(-c3ccccc3Cl)cc2C=O)cc1. The van der Waals surface area contributed by atoms with Gasteiger partial charge in [0.05, 0.1) is 16.3 Å². The van der Waals surface area contributed by atoms with Crippen LogP contribution in [-0.2, 0) is 6.42 Å². The summed E-state index contributed by atoms with van der Waals surface area (Å²) in [5.41, 5.74) is 4.18. The molecule has 0 amide bonds. The van der Waals surface area contributed by atoms with Gasteiger partial charge in [0.1, 0.15) is 5.69 Å². The van der Waals surface area contributed by atoms with E-state index in [9.17, 15) is 4.79 Å². The van der Waals surface area contributed by atoms with Crippen LogP contribution in [0.5, 0.6) is 0 Å². The van der Waals surface area contributed by atoms with Crippen molar-refractivity contribution >= 4 is 17.9 Å². The van der Waals surface area contributed by atoms with Gasteiger partial charge in [-0.3, -0.25) is 4.79 Å². The van der Waals surface area contributed by atoms with Crippen LogP contribution in [0.1, 0.15) is 29.8 Å². The van der Waals surface area contributed by atoms with Crippen molar-refractivity contribution in [3.63, 3.8) is 0 Å². The number of rotatable bonds is 5. The van der Waals surface area contributed by atoms with E-state index in [1.807, 2.05) is 30.3 Å². The van der Waals surface area contributed by atoms with E-state index < -0.39 is 0 Å². The minimum Gasteiger partial charge on any atom is -0.298 e. The van der Waals surface area contributed by atoms with Crippen LogP contribution in [0.4, 0.5) is 0 Å². The highest BCUT2D eigenvalue weighted by atomic mass is 35.5. The second-order valence-electron chi connectivity index (χ2n) is 6.24. The maximum Gasteiger partial charge on any atom is 0.153 e. The average Bonchev–Trinajstić information content (AvgIpc) is 2.99. The summed E-state index contributed by atoms with van der Waals surface area (Å²) in [6, 6.07) is 15.7. The Bertz CT molecular complexity index is 850. The number of hydrogen-bond donors (Lipinski definition) is 0. The zero-order chi connectivity index (χ0) is 17.1. The number of aromatic nitrogens is 2. The molecule has 2 aromatic carbocycles. The third kappa shape index (κ3) is 3.41. The lowest BCUT2D eigenvalue weighted by molar-refractivity contribution is 0.112. The fourth-order valence-electron chi connectivity index (χ4n) is 2.73. The van der Waals surface area contributed by atoms with Gasteiger partial charge in [0, 0.05) is 11.8 Å². The summed E-state index contributed by atoms with van der Waals surface area (Å²) < 4.78 is 1.66. The Hall–Kier alpha value is -2.39. The largest absolute Gasteiger partial charge is 0.298 e. The molecule has 4 heteroatoms. The molecule has 0 N–H and O–H groups in total. The Balaban J connectivity index is 1.99. The Labute approximate surface area is 146 Å². The highest BCUT2D eigenvalue weighted by Crippen LogP contribution is 2.26. The average molecular weight is 339 g/mol. The Morgan fingerprint density at radius 1 is 1.12 bits per heavy atom. The molecule has 24 heavy (non-hydrogen) atoms. The van der Waals surface area contributed by atoms with Crippen LogP contribution < -0.4 is 0 Å². The summed E-state index contributed by atoms with van der Waals surface area (Å²) in [5.74, 6) is 0.612. The first-order valence-corrected chi connectivity index (χ1v) is 8.35. The van der Waals surface area contributed by atoms with E-state index >= 15 is 0 Å². The van der Waals surface area contributed by atoms with Gasteiger partial charge in [-0.05, 0) is 30.0 Å². The van der Waals surface area contributed by atoms with Crippen LogP contribution in [0.3, 0.4) is 0 Å². The van der Waals surface area contributed by atoms with Crippen LogP contribution in [0.2, 0.25) is 5.02 Å². The number of benzene rings is 2. The van der Waals surface area contributed by atoms with Gasteiger partial charge in [-0.15, -0.1) is 0 Å². The monoisotopic (exact) mass is 338 g/mol. The van der Waals surface area contributed by atoms with E-state index in [0.717, 1.165) is 24.0 Å². The summed E-state index contributed by atoms with van der Waals surface area (Å²) in [6.07, 6.45) is 3.58. The number of carbonyl (C=O) groups is 1. The molecule has 0 fully saturated rings. The molecule has 0 aliphatic heterocycles. The maximum atomic E-state index is 11.5. The van der Waals surface area contributed by atoms with Gasteiger partial charge in [-0.2, -0.15) is 5.10 Å². The van der Waals surface area contributed by atoms with Crippen molar-refractivity contribution in [3.8, 4) is 16.9 Å². The molecule has 0 bridgehead atoms. The van der Waals surface area contributed by atoms with Crippen molar-refractivity contribution in [1.82, 2.24) is 9.78 Å². The first kappa shape index (κ1) is 16.5. The lowest BCUT2D eigenvalue weighted by Crippen LogP contribution is -1.96. The van der Waals surface area contributed by atoms with Crippen LogP contribution in [0.25, 0.3) is 16.9 Å². The predicted molar refractivity (Wildman–Crippen MR) is 97.9 cm³/mol. The first-order valence-electron chi connectivity index (χ1n) is 7.97. The van der Waals surface area contributed by atoms with Crippen LogP contribution in [0, 0.1) is 5.92 Å². The van der Waals surface area contributed by atoms with Gasteiger partial charge in [0.2, 0.25) is 0 Å². The van der Waals surface area contributed by atoms with E-state index in [-0.39, 0.29) is 0 Å². The smallest absolute Gasteiger partial charge is 0.153 e. The molecule has 0 spiro atoms. The fourth-order valence-corrected chi connectivity index (χ4v) is 2.95.